The number of hydrogen-bond acceptors (Lipinski definition) is 5. The highest BCUT2D eigenvalue weighted by Gasteiger charge is 2.18. The number of carboxylic acid groups (broad SMARTS) is 1. The van der Waals surface area contributed by atoms with Crippen LogP contribution in [0, 0.1) is 0 Å². The Kier molecular flexibility index (Phi) is 6.37. The second kappa shape index (κ2) is 8.50. The maximum Gasteiger partial charge on any atom is 0.334 e. The predicted octanol–water partition coefficient (Wildman–Crippen LogP) is 1.07. The fourth-order valence-electron chi connectivity index (χ4n) is 2.23. The van der Waals surface area contributed by atoms with E-state index in [1.165, 1.54) is 7.11 Å². The van der Waals surface area contributed by atoms with Gasteiger partial charge in [0.15, 0.2) is 6.10 Å². The highest BCUT2D eigenvalue weighted by atomic mass is 16.5. The largest absolute Gasteiger partial charge is 0.491 e. The Morgan fingerprint density at radius 1 is 1.39 bits per heavy atom. The van der Waals surface area contributed by atoms with Gasteiger partial charge in [0.05, 0.1) is 12.6 Å². The number of carbonyl (C=O) groups excluding carboxylic acids is 1. The molecule has 2 atom stereocenters. The van der Waals surface area contributed by atoms with Crippen molar-refractivity contribution in [3.63, 3.8) is 0 Å². The number of carboxylic acids is 1. The summed E-state index contributed by atoms with van der Waals surface area (Å²) in [6, 6.07) is 6.66. The van der Waals surface area contributed by atoms with Gasteiger partial charge in [-0.1, -0.05) is 0 Å². The van der Waals surface area contributed by atoms with E-state index in [2.05, 4.69) is 5.32 Å². The highest BCUT2D eigenvalue weighted by Crippen LogP contribution is 2.16. The molecule has 0 saturated carbocycles. The third-order valence-corrected chi connectivity index (χ3v) is 3.58. The Labute approximate surface area is 134 Å². The van der Waals surface area contributed by atoms with Gasteiger partial charge in [-0.2, -0.15) is 0 Å². The quantitative estimate of drug-likeness (QED) is 0.743. The Hall–Kier alpha value is -2.12. The molecule has 1 aromatic carbocycles. The summed E-state index contributed by atoms with van der Waals surface area (Å²) in [6.07, 6.45) is 1.14. The van der Waals surface area contributed by atoms with Crippen molar-refractivity contribution in [2.45, 2.75) is 25.0 Å². The smallest absolute Gasteiger partial charge is 0.334 e. The van der Waals surface area contributed by atoms with Crippen LogP contribution in [-0.2, 0) is 14.3 Å². The maximum atomic E-state index is 11.9. The van der Waals surface area contributed by atoms with Gasteiger partial charge >= 0.3 is 5.97 Å². The number of rotatable bonds is 8. The molecule has 1 fully saturated rings. The van der Waals surface area contributed by atoms with Gasteiger partial charge in [0, 0.05) is 19.3 Å². The first-order valence-corrected chi connectivity index (χ1v) is 7.48. The first kappa shape index (κ1) is 17.2. The molecule has 7 heteroatoms. The molecule has 0 spiro atoms. The molecule has 1 amide bonds. The van der Waals surface area contributed by atoms with Crippen molar-refractivity contribution >= 4 is 11.9 Å². The lowest BCUT2D eigenvalue weighted by Crippen LogP contribution is -2.37. The van der Waals surface area contributed by atoms with Crippen LogP contribution in [-0.4, -0.2) is 56.1 Å². The maximum absolute atomic E-state index is 11.9. The van der Waals surface area contributed by atoms with Crippen molar-refractivity contribution in [3.05, 3.63) is 29.8 Å². The van der Waals surface area contributed by atoms with E-state index in [0.717, 1.165) is 19.4 Å². The summed E-state index contributed by atoms with van der Waals surface area (Å²) in [4.78, 5) is 22.7. The first-order valence-electron chi connectivity index (χ1n) is 7.48. The van der Waals surface area contributed by atoms with E-state index >= 15 is 0 Å². The van der Waals surface area contributed by atoms with Crippen LogP contribution >= 0.6 is 0 Å². The van der Waals surface area contributed by atoms with Crippen LogP contribution in [0.5, 0.6) is 5.75 Å². The van der Waals surface area contributed by atoms with Gasteiger partial charge < -0.3 is 24.6 Å². The number of nitrogens with one attached hydrogen (secondary N) is 1. The van der Waals surface area contributed by atoms with Crippen LogP contribution in [0.3, 0.4) is 0 Å². The van der Waals surface area contributed by atoms with Crippen LogP contribution in [0.1, 0.15) is 23.2 Å². The molecular weight excluding hydrogens is 302 g/mol. The minimum Gasteiger partial charge on any atom is -0.491 e. The molecular formula is C16H21NO6. The molecule has 1 heterocycles. The van der Waals surface area contributed by atoms with Crippen molar-refractivity contribution in [1.29, 1.82) is 0 Å². The lowest BCUT2D eigenvalue weighted by Gasteiger charge is -2.13. The van der Waals surface area contributed by atoms with Crippen molar-refractivity contribution in [1.82, 2.24) is 5.32 Å². The van der Waals surface area contributed by atoms with Gasteiger partial charge in [0.2, 0.25) is 0 Å². The molecule has 1 aliphatic rings. The number of hydrogen-bond donors (Lipinski definition) is 2. The van der Waals surface area contributed by atoms with E-state index in [-0.39, 0.29) is 18.6 Å². The molecule has 7 nitrogen and oxygen atoms in total. The normalized spacial score (nSPS) is 18.4. The lowest BCUT2D eigenvalue weighted by molar-refractivity contribution is -0.148. The van der Waals surface area contributed by atoms with Gasteiger partial charge in [-0.25, -0.2) is 4.79 Å². The molecule has 1 aliphatic heterocycles. The van der Waals surface area contributed by atoms with Gasteiger partial charge in [0.1, 0.15) is 12.4 Å². The topological polar surface area (TPSA) is 94.1 Å². The Morgan fingerprint density at radius 2 is 2.13 bits per heavy atom. The molecule has 23 heavy (non-hydrogen) atoms. The predicted molar refractivity (Wildman–Crippen MR) is 81.7 cm³/mol. The van der Waals surface area contributed by atoms with Crippen LogP contribution in [0.25, 0.3) is 0 Å². The summed E-state index contributed by atoms with van der Waals surface area (Å²) < 4.78 is 15.8. The van der Waals surface area contributed by atoms with Gasteiger partial charge in [0.25, 0.3) is 5.91 Å². The van der Waals surface area contributed by atoms with E-state index < -0.39 is 12.1 Å². The van der Waals surface area contributed by atoms with Gasteiger partial charge in [-0.3, -0.25) is 4.79 Å². The molecule has 2 rings (SSSR count). The summed E-state index contributed by atoms with van der Waals surface area (Å²) in [5.41, 5.74) is 0.426. The SMILES string of the molecule is COC(CNC(=O)c1ccc(OCC2CCCO2)cc1)C(=O)O. The minimum absolute atomic E-state index is 0.0953. The number of benzene rings is 1. The first-order chi connectivity index (χ1) is 11.1. The fraction of sp³-hybridized carbons (Fsp3) is 0.500. The van der Waals surface area contributed by atoms with E-state index in [9.17, 15) is 9.59 Å². The standard InChI is InChI=1S/C16H21NO6/c1-21-14(16(19)20)9-17-15(18)11-4-6-12(7-5-11)23-10-13-3-2-8-22-13/h4-7,13-14H,2-3,8-10H2,1H3,(H,17,18)(H,19,20). The Bertz CT molecular complexity index is 524. The summed E-state index contributed by atoms with van der Waals surface area (Å²) in [5.74, 6) is -0.818. The number of methoxy groups -OCH3 is 1. The monoisotopic (exact) mass is 323 g/mol. The highest BCUT2D eigenvalue weighted by molar-refractivity contribution is 5.94. The number of amides is 1. The summed E-state index contributed by atoms with van der Waals surface area (Å²) in [6.45, 7) is 1.19. The number of carbonyl (C=O) groups is 2. The van der Waals surface area contributed by atoms with Crippen molar-refractivity contribution in [2.24, 2.45) is 0 Å². The lowest BCUT2D eigenvalue weighted by atomic mass is 10.2. The zero-order valence-corrected chi connectivity index (χ0v) is 13.0. The summed E-state index contributed by atoms with van der Waals surface area (Å²) in [5, 5.41) is 11.4. The fourth-order valence-corrected chi connectivity index (χ4v) is 2.23. The number of ether oxygens (including phenoxy) is 3. The van der Waals surface area contributed by atoms with Crippen LogP contribution in [0.4, 0.5) is 0 Å². The summed E-state index contributed by atoms with van der Waals surface area (Å²) in [7, 11) is 1.28. The third-order valence-electron chi connectivity index (χ3n) is 3.58. The van der Waals surface area contributed by atoms with Crippen molar-refractivity contribution < 1.29 is 28.9 Å². The second-order valence-electron chi connectivity index (χ2n) is 5.24. The van der Waals surface area contributed by atoms with Crippen molar-refractivity contribution in [2.75, 3.05) is 26.9 Å². The molecule has 0 radical (unpaired) electrons. The van der Waals surface area contributed by atoms with Gasteiger partial charge in [-0.05, 0) is 37.1 Å². The van der Waals surface area contributed by atoms with Crippen LogP contribution < -0.4 is 10.1 Å². The molecule has 126 valence electrons. The zero-order valence-electron chi connectivity index (χ0n) is 13.0. The van der Waals surface area contributed by atoms with Gasteiger partial charge in [-0.15, -0.1) is 0 Å². The average molecular weight is 323 g/mol. The minimum atomic E-state index is -1.12. The molecule has 2 unspecified atom stereocenters. The van der Waals surface area contributed by atoms with Crippen LogP contribution in [0.15, 0.2) is 24.3 Å². The molecule has 1 aromatic rings. The average Bonchev–Trinajstić information content (AvgIpc) is 3.07. The third kappa shape index (κ3) is 5.22. The van der Waals surface area contributed by atoms with E-state index in [1.54, 1.807) is 24.3 Å². The zero-order chi connectivity index (χ0) is 16.7. The van der Waals surface area contributed by atoms with E-state index in [1.807, 2.05) is 0 Å². The van der Waals surface area contributed by atoms with Crippen LogP contribution in [0.2, 0.25) is 0 Å². The van der Waals surface area contributed by atoms with E-state index in [0.29, 0.717) is 17.9 Å². The number of aliphatic carboxylic acids is 1. The Balaban J connectivity index is 1.80. The second-order valence-corrected chi connectivity index (χ2v) is 5.24. The summed E-state index contributed by atoms with van der Waals surface area (Å²) >= 11 is 0. The Morgan fingerprint density at radius 3 is 2.70 bits per heavy atom. The van der Waals surface area contributed by atoms with Crippen molar-refractivity contribution in [3.8, 4) is 5.75 Å². The molecule has 0 bridgehead atoms. The molecule has 0 aromatic heterocycles. The molecule has 1 saturated heterocycles. The van der Waals surface area contributed by atoms with E-state index in [4.69, 9.17) is 19.3 Å². The molecule has 2 N–H and O–H groups in total. The molecule has 0 aliphatic carbocycles.